The average Bonchev–Trinajstić information content (AvgIpc) is 2.81. The highest BCUT2D eigenvalue weighted by Crippen LogP contribution is 2.20. The largest absolute Gasteiger partial charge is 0.368 e. The van der Waals surface area contributed by atoms with E-state index in [0.717, 1.165) is 37.7 Å². The summed E-state index contributed by atoms with van der Waals surface area (Å²) in [5.74, 6) is 1.00. The van der Waals surface area contributed by atoms with Crippen LogP contribution in [0.5, 0.6) is 0 Å². The van der Waals surface area contributed by atoms with Crippen molar-refractivity contribution in [3.8, 4) is 0 Å². The molecule has 1 saturated heterocycles. The molecule has 154 valence electrons. The maximum absolute atomic E-state index is 5.46. The minimum absolute atomic E-state index is 0.138. The molecule has 5 nitrogen and oxygen atoms in total. The third-order valence-corrected chi connectivity index (χ3v) is 5.60. The molecule has 0 unspecified atom stereocenters. The predicted octanol–water partition coefficient (Wildman–Crippen LogP) is 4.46. The highest BCUT2D eigenvalue weighted by Gasteiger charge is 2.18. The van der Waals surface area contributed by atoms with Gasteiger partial charge in [0, 0.05) is 31.9 Å². The van der Waals surface area contributed by atoms with E-state index in [0.29, 0.717) is 5.11 Å². The number of thiocarbonyl (C=S) groups is 1. The van der Waals surface area contributed by atoms with Gasteiger partial charge in [-0.15, -0.1) is 0 Å². The van der Waals surface area contributed by atoms with Gasteiger partial charge in [0.1, 0.15) is 5.82 Å². The molecule has 0 bridgehead atoms. The Kier molecular flexibility index (Phi) is 6.44. The number of nitrogens with zero attached hydrogens (tertiary/aromatic N) is 3. The van der Waals surface area contributed by atoms with Crippen molar-refractivity contribution < 1.29 is 0 Å². The highest BCUT2D eigenvalue weighted by molar-refractivity contribution is 7.80. The number of para-hydroxylation sites is 1. The number of nitrogens with one attached hydrogen (secondary N) is 2. The van der Waals surface area contributed by atoms with Gasteiger partial charge < -0.3 is 20.4 Å². The summed E-state index contributed by atoms with van der Waals surface area (Å²) in [5.41, 5.74) is 3.37. The van der Waals surface area contributed by atoms with Gasteiger partial charge in [0.05, 0.1) is 17.9 Å². The average molecular weight is 418 g/mol. The molecule has 0 radical (unpaired) electrons. The maximum Gasteiger partial charge on any atom is 0.171 e. The summed E-state index contributed by atoms with van der Waals surface area (Å²) in [6.45, 7) is 6.01. The summed E-state index contributed by atoms with van der Waals surface area (Å²) in [4.78, 5) is 9.40. The zero-order chi connectivity index (χ0) is 20.8. The van der Waals surface area contributed by atoms with Gasteiger partial charge in [-0.2, -0.15) is 0 Å². The fourth-order valence-corrected chi connectivity index (χ4v) is 3.96. The third kappa shape index (κ3) is 5.07. The molecule has 1 aromatic heterocycles. The van der Waals surface area contributed by atoms with Crippen molar-refractivity contribution in [1.29, 1.82) is 0 Å². The first-order valence-corrected chi connectivity index (χ1v) is 10.7. The molecule has 30 heavy (non-hydrogen) atoms. The molecule has 0 amide bonds. The number of benzene rings is 2. The number of anilines is 3. The summed E-state index contributed by atoms with van der Waals surface area (Å²) in [5, 5.41) is 7.15. The number of rotatable bonds is 5. The fraction of sp³-hybridized carbons (Fsp3) is 0.250. The lowest BCUT2D eigenvalue weighted by molar-refractivity contribution is 0.647. The van der Waals surface area contributed by atoms with Crippen molar-refractivity contribution in [2.75, 3.05) is 41.3 Å². The van der Waals surface area contributed by atoms with Gasteiger partial charge in [-0.05, 0) is 49.0 Å². The van der Waals surface area contributed by atoms with Crippen LogP contribution in [0.3, 0.4) is 0 Å². The summed E-state index contributed by atoms with van der Waals surface area (Å²) < 4.78 is 0. The second kappa shape index (κ2) is 9.59. The minimum atomic E-state index is 0.138. The Balaban J connectivity index is 1.28. The Morgan fingerprint density at radius 2 is 1.50 bits per heavy atom. The van der Waals surface area contributed by atoms with Crippen LogP contribution in [0.25, 0.3) is 0 Å². The second-order valence-electron chi connectivity index (χ2n) is 7.45. The van der Waals surface area contributed by atoms with E-state index in [4.69, 9.17) is 12.2 Å². The van der Waals surface area contributed by atoms with Gasteiger partial charge in [-0.3, -0.25) is 0 Å². The van der Waals surface area contributed by atoms with Crippen molar-refractivity contribution in [2.45, 2.75) is 13.0 Å². The van der Waals surface area contributed by atoms with E-state index in [9.17, 15) is 0 Å². The number of aromatic nitrogens is 1. The molecule has 3 aromatic rings. The number of hydrogen-bond acceptors (Lipinski definition) is 4. The van der Waals surface area contributed by atoms with Gasteiger partial charge >= 0.3 is 0 Å². The molecule has 6 heteroatoms. The van der Waals surface area contributed by atoms with Crippen LogP contribution in [0.15, 0.2) is 79.0 Å². The first kappa shape index (κ1) is 20.2. The second-order valence-corrected chi connectivity index (χ2v) is 7.85. The van der Waals surface area contributed by atoms with Crippen LogP contribution in [-0.4, -0.2) is 36.3 Å². The molecule has 2 aromatic carbocycles. The van der Waals surface area contributed by atoms with E-state index in [1.807, 2.05) is 30.5 Å². The first-order chi connectivity index (χ1) is 14.7. The van der Waals surface area contributed by atoms with E-state index in [1.165, 1.54) is 11.3 Å². The van der Waals surface area contributed by atoms with Crippen molar-refractivity contribution in [2.24, 2.45) is 0 Å². The molecular formula is C24H27N5S. The number of hydrogen-bond donors (Lipinski definition) is 2. The lowest BCUT2D eigenvalue weighted by Gasteiger charge is -2.36. The van der Waals surface area contributed by atoms with E-state index in [2.05, 4.69) is 80.9 Å². The van der Waals surface area contributed by atoms with Gasteiger partial charge in [-0.1, -0.05) is 48.5 Å². The lowest BCUT2D eigenvalue weighted by atomic mass is 10.1. The molecule has 1 fully saturated rings. The van der Waals surface area contributed by atoms with Crippen molar-refractivity contribution in [3.05, 3.63) is 84.6 Å². The van der Waals surface area contributed by atoms with Crippen molar-refractivity contribution in [1.82, 2.24) is 10.3 Å². The molecule has 2 N–H and O–H groups in total. The van der Waals surface area contributed by atoms with E-state index in [1.54, 1.807) is 0 Å². The van der Waals surface area contributed by atoms with Gasteiger partial charge in [0.2, 0.25) is 0 Å². The number of pyridine rings is 1. The molecule has 0 aliphatic carbocycles. The van der Waals surface area contributed by atoms with Gasteiger partial charge in [0.25, 0.3) is 0 Å². The summed E-state index contributed by atoms with van der Waals surface area (Å²) in [6, 6.07) is 25.1. The van der Waals surface area contributed by atoms with Crippen LogP contribution in [0.1, 0.15) is 18.5 Å². The zero-order valence-electron chi connectivity index (χ0n) is 17.2. The monoisotopic (exact) mass is 417 g/mol. The molecule has 4 rings (SSSR count). The Morgan fingerprint density at radius 1 is 0.867 bits per heavy atom. The van der Waals surface area contributed by atoms with Crippen LogP contribution < -0.4 is 20.4 Å². The smallest absolute Gasteiger partial charge is 0.171 e. The Bertz CT molecular complexity index is 938. The molecular weight excluding hydrogens is 390 g/mol. The van der Waals surface area contributed by atoms with Crippen LogP contribution in [0.2, 0.25) is 0 Å². The quantitative estimate of drug-likeness (QED) is 0.598. The molecule has 0 spiro atoms. The molecule has 1 aliphatic rings. The molecule has 1 atom stereocenters. The van der Waals surface area contributed by atoms with E-state index >= 15 is 0 Å². The van der Waals surface area contributed by atoms with Gasteiger partial charge in [0.15, 0.2) is 5.11 Å². The Hall–Kier alpha value is -3.12. The zero-order valence-corrected chi connectivity index (χ0v) is 18.0. The summed E-state index contributed by atoms with van der Waals surface area (Å²) in [6.07, 6.45) is 1.85. The summed E-state index contributed by atoms with van der Waals surface area (Å²) >= 11 is 5.46. The SMILES string of the molecule is C[C@@H](NC(=S)Nc1ccc(N2CCN(c3ccccc3)CC2)nc1)c1ccccc1. The highest BCUT2D eigenvalue weighted by atomic mass is 32.1. The Morgan fingerprint density at radius 3 is 2.13 bits per heavy atom. The third-order valence-electron chi connectivity index (χ3n) is 5.38. The number of piperazine rings is 1. The van der Waals surface area contributed by atoms with E-state index in [-0.39, 0.29) is 6.04 Å². The topological polar surface area (TPSA) is 43.4 Å². The molecule has 2 heterocycles. The fourth-order valence-electron chi connectivity index (χ4n) is 3.67. The summed E-state index contributed by atoms with van der Waals surface area (Å²) in [7, 11) is 0. The van der Waals surface area contributed by atoms with Crippen LogP contribution in [0.4, 0.5) is 17.2 Å². The van der Waals surface area contributed by atoms with Crippen molar-refractivity contribution >= 4 is 34.5 Å². The van der Waals surface area contributed by atoms with Crippen molar-refractivity contribution in [3.63, 3.8) is 0 Å². The Labute approximate surface area is 183 Å². The van der Waals surface area contributed by atoms with Crippen LogP contribution >= 0.6 is 12.2 Å². The minimum Gasteiger partial charge on any atom is -0.368 e. The standard InChI is InChI=1S/C24H27N5S/c1-19(20-8-4-2-5-9-20)26-24(30)27-21-12-13-23(25-18-21)29-16-14-28(15-17-29)22-10-6-3-7-11-22/h2-13,18-19H,14-17H2,1H3,(H2,26,27,30)/t19-/m1/s1. The molecule has 0 saturated carbocycles. The normalized spacial score (nSPS) is 14.8. The predicted molar refractivity (Wildman–Crippen MR) is 129 cm³/mol. The molecule has 1 aliphatic heterocycles. The lowest BCUT2D eigenvalue weighted by Crippen LogP contribution is -2.46. The van der Waals surface area contributed by atoms with Gasteiger partial charge in [-0.25, -0.2) is 4.98 Å². The maximum atomic E-state index is 5.46. The van der Waals surface area contributed by atoms with Crippen LogP contribution in [-0.2, 0) is 0 Å². The van der Waals surface area contributed by atoms with E-state index < -0.39 is 0 Å². The first-order valence-electron chi connectivity index (χ1n) is 10.3. The van der Waals surface area contributed by atoms with Crippen LogP contribution in [0, 0.1) is 0 Å².